The second-order valence-electron chi connectivity index (χ2n) is 7.09. The molecule has 1 aliphatic rings. The lowest BCUT2D eigenvalue weighted by Gasteiger charge is -2.22. The highest BCUT2D eigenvalue weighted by Crippen LogP contribution is 2.46. The maximum Gasteiger partial charge on any atom is 0.307 e. The Balaban J connectivity index is 1.91. The smallest absolute Gasteiger partial charge is 0.307 e. The fourth-order valence-corrected chi connectivity index (χ4v) is 4.44. The average molecular weight is 401 g/mol. The van der Waals surface area contributed by atoms with Crippen LogP contribution in [0.25, 0.3) is 0 Å². The molecular weight excluding hydrogens is 375 g/mol. The Labute approximate surface area is 169 Å². The number of fused-ring (bicyclic) bond motifs is 1. The lowest BCUT2D eigenvalue weighted by molar-refractivity contribution is -0.149. The summed E-state index contributed by atoms with van der Waals surface area (Å²) in [4.78, 5) is 25.6. The van der Waals surface area contributed by atoms with E-state index in [4.69, 9.17) is 4.74 Å². The summed E-state index contributed by atoms with van der Waals surface area (Å²) in [6, 6.07) is 10.3. The molecule has 1 aliphatic carbocycles. The molecule has 0 bridgehead atoms. The zero-order valence-corrected chi connectivity index (χ0v) is 17.3. The van der Waals surface area contributed by atoms with Crippen molar-refractivity contribution in [3.8, 4) is 0 Å². The fraction of sp³-hybridized carbons (Fsp3) is 0.391. The van der Waals surface area contributed by atoms with Crippen LogP contribution in [-0.4, -0.2) is 23.3 Å². The number of benzene rings is 2. The van der Waals surface area contributed by atoms with Gasteiger partial charge in [-0.05, 0) is 48.8 Å². The van der Waals surface area contributed by atoms with Crippen molar-refractivity contribution in [2.45, 2.75) is 45.6 Å². The van der Waals surface area contributed by atoms with E-state index in [1.807, 2.05) is 25.1 Å². The largest absolute Gasteiger partial charge is 0.456 e. The van der Waals surface area contributed by atoms with E-state index in [0.29, 0.717) is 23.3 Å². The van der Waals surface area contributed by atoms with E-state index in [1.54, 1.807) is 30.8 Å². The molecule has 5 heteroatoms. The van der Waals surface area contributed by atoms with Crippen LogP contribution in [0.3, 0.4) is 0 Å². The molecule has 0 fully saturated rings. The van der Waals surface area contributed by atoms with Gasteiger partial charge in [-0.15, -0.1) is 0 Å². The van der Waals surface area contributed by atoms with Gasteiger partial charge < -0.3 is 4.74 Å². The molecule has 3 rings (SSSR count). The quantitative estimate of drug-likeness (QED) is 0.452. The van der Waals surface area contributed by atoms with E-state index in [0.717, 1.165) is 28.9 Å². The molecule has 0 N–H and O–H groups in total. The van der Waals surface area contributed by atoms with Crippen molar-refractivity contribution in [1.82, 2.24) is 0 Å². The van der Waals surface area contributed by atoms with Crippen LogP contribution in [0.1, 0.15) is 64.4 Å². The van der Waals surface area contributed by atoms with Crippen LogP contribution < -0.4 is 0 Å². The van der Waals surface area contributed by atoms with Crippen LogP contribution in [0.2, 0.25) is 0 Å². The minimum Gasteiger partial charge on any atom is -0.456 e. The maximum atomic E-state index is 13.9. The molecule has 2 unspecified atom stereocenters. The number of carbonyl (C=O) groups is 2. The number of esters is 1. The number of carbonyl (C=O) groups excluding carboxylic acids is 2. The first kappa shape index (κ1) is 20.6. The van der Waals surface area contributed by atoms with Crippen molar-refractivity contribution in [2.75, 3.05) is 11.5 Å². The molecular formula is C23H25FO3S. The van der Waals surface area contributed by atoms with Crippen LogP contribution in [0.4, 0.5) is 4.39 Å². The molecule has 0 aliphatic heterocycles. The van der Waals surface area contributed by atoms with Gasteiger partial charge in [0.25, 0.3) is 0 Å². The molecule has 2 aromatic rings. The Morgan fingerprint density at radius 3 is 2.57 bits per heavy atom. The third-order valence-corrected chi connectivity index (χ3v) is 6.46. The van der Waals surface area contributed by atoms with Gasteiger partial charge in [0.05, 0.1) is 12.3 Å². The highest BCUT2D eigenvalue weighted by Gasteiger charge is 2.43. The second-order valence-corrected chi connectivity index (χ2v) is 8.31. The summed E-state index contributed by atoms with van der Waals surface area (Å²) in [5.74, 6) is 0.389. The van der Waals surface area contributed by atoms with Gasteiger partial charge in [-0.2, -0.15) is 11.8 Å². The summed E-state index contributed by atoms with van der Waals surface area (Å²) in [6.07, 6.45) is 0.706. The monoisotopic (exact) mass is 400 g/mol. The topological polar surface area (TPSA) is 43.4 Å². The van der Waals surface area contributed by atoms with E-state index in [-0.39, 0.29) is 17.6 Å². The van der Waals surface area contributed by atoms with Gasteiger partial charge in [-0.1, -0.05) is 37.3 Å². The van der Waals surface area contributed by atoms with E-state index in [2.05, 4.69) is 6.92 Å². The Morgan fingerprint density at radius 1 is 1.07 bits per heavy atom. The summed E-state index contributed by atoms with van der Waals surface area (Å²) in [5.41, 5.74) is 3.27. The summed E-state index contributed by atoms with van der Waals surface area (Å²) < 4.78 is 19.8. The number of ether oxygens (including phenoxy) is 1. The summed E-state index contributed by atoms with van der Waals surface area (Å²) >= 11 is 1.72. The van der Waals surface area contributed by atoms with E-state index >= 15 is 0 Å². The first-order valence-corrected chi connectivity index (χ1v) is 10.8. The molecule has 0 radical (unpaired) electrons. The first-order valence-electron chi connectivity index (χ1n) is 9.61. The van der Waals surface area contributed by atoms with E-state index < -0.39 is 12.0 Å². The van der Waals surface area contributed by atoms with Gasteiger partial charge in [0.15, 0.2) is 5.78 Å². The Morgan fingerprint density at radius 2 is 1.82 bits per heavy atom. The number of hydrogen-bond acceptors (Lipinski definition) is 4. The van der Waals surface area contributed by atoms with E-state index in [1.165, 1.54) is 6.07 Å². The SMILES string of the molecule is CCCSCCC(=O)OC1c2ccccc2C(=O)C1c1ccc(F)c(C)c1C. The number of rotatable bonds is 7. The molecule has 0 amide bonds. The maximum absolute atomic E-state index is 13.9. The van der Waals surface area contributed by atoms with Gasteiger partial charge >= 0.3 is 5.97 Å². The summed E-state index contributed by atoms with van der Waals surface area (Å²) in [5, 5.41) is 0. The average Bonchev–Trinajstić information content (AvgIpc) is 2.96. The molecule has 3 nitrogen and oxygen atoms in total. The van der Waals surface area contributed by atoms with E-state index in [9.17, 15) is 14.0 Å². The Hall–Kier alpha value is -2.14. The number of Topliss-reactive ketones (excluding diaryl/α,β-unsaturated/α-hetero) is 1. The molecule has 0 heterocycles. The predicted octanol–water partition coefficient (Wildman–Crippen LogP) is 5.54. The Kier molecular flexibility index (Phi) is 6.55. The van der Waals surface area contributed by atoms with Crippen molar-refractivity contribution in [3.63, 3.8) is 0 Å². The molecule has 0 spiro atoms. The molecule has 0 saturated heterocycles. The van der Waals surface area contributed by atoms with Crippen molar-refractivity contribution < 1.29 is 18.7 Å². The fourth-order valence-electron chi connectivity index (χ4n) is 3.64. The molecule has 28 heavy (non-hydrogen) atoms. The van der Waals surface area contributed by atoms with Crippen molar-refractivity contribution in [3.05, 3.63) is 70.0 Å². The van der Waals surface area contributed by atoms with Gasteiger partial charge in [0, 0.05) is 16.9 Å². The lowest BCUT2D eigenvalue weighted by atomic mass is 9.87. The standard InChI is InChI=1S/C23H25FO3S/c1-4-12-28-13-11-20(25)27-23-18-8-6-5-7-17(18)22(26)21(23)16-9-10-19(24)15(3)14(16)2/h5-10,21,23H,4,11-13H2,1-3H3. The van der Waals surface area contributed by atoms with Crippen LogP contribution in [-0.2, 0) is 9.53 Å². The molecule has 2 atom stereocenters. The molecule has 0 aromatic heterocycles. The third kappa shape index (κ3) is 4.00. The van der Waals surface area contributed by atoms with Gasteiger partial charge in [0.1, 0.15) is 11.9 Å². The van der Waals surface area contributed by atoms with Crippen molar-refractivity contribution in [2.24, 2.45) is 0 Å². The lowest BCUT2D eigenvalue weighted by Crippen LogP contribution is -2.19. The third-order valence-electron chi connectivity index (χ3n) is 5.27. The highest BCUT2D eigenvalue weighted by molar-refractivity contribution is 7.99. The van der Waals surface area contributed by atoms with Crippen LogP contribution >= 0.6 is 11.8 Å². The summed E-state index contributed by atoms with van der Waals surface area (Å²) in [7, 11) is 0. The van der Waals surface area contributed by atoms with Gasteiger partial charge in [-0.3, -0.25) is 9.59 Å². The van der Waals surface area contributed by atoms with Crippen molar-refractivity contribution >= 4 is 23.5 Å². The number of hydrogen-bond donors (Lipinski definition) is 0. The predicted molar refractivity (Wildman–Crippen MR) is 110 cm³/mol. The number of halogens is 1. The Bertz CT molecular complexity index is 893. The first-order chi connectivity index (χ1) is 13.5. The van der Waals surface area contributed by atoms with Gasteiger partial charge in [-0.25, -0.2) is 4.39 Å². The van der Waals surface area contributed by atoms with Crippen LogP contribution in [0.5, 0.6) is 0 Å². The number of ketones is 1. The minimum absolute atomic E-state index is 0.0807. The zero-order chi connectivity index (χ0) is 20.3. The van der Waals surface area contributed by atoms with Gasteiger partial charge in [0.2, 0.25) is 0 Å². The normalized spacial score (nSPS) is 18.2. The highest BCUT2D eigenvalue weighted by atomic mass is 32.2. The minimum atomic E-state index is -0.670. The molecule has 0 saturated carbocycles. The number of thioether (sulfide) groups is 1. The van der Waals surface area contributed by atoms with Crippen molar-refractivity contribution in [1.29, 1.82) is 0 Å². The molecule has 148 valence electrons. The van der Waals surface area contributed by atoms with Crippen LogP contribution in [0.15, 0.2) is 36.4 Å². The van der Waals surface area contributed by atoms with Crippen LogP contribution in [0, 0.1) is 19.7 Å². The summed E-state index contributed by atoms with van der Waals surface area (Å²) in [6.45, 7) is 5.61. The second kappa shape index (κ2) is 8.91. The zero-order valence-electron chi connectivity index (χ0n) is 16.5. The molecule has 2 aromatic carbocycles.